The minimum atomic E-state index is -0.0506. The molecule has 0 radical (unpaired) electrons. The average molecular weight is 196 g/mol. The van der Waals surface area contributed by atoms with Crippen molar-refractivity contribution in [1.82, 2.24) is 0 Å². The summed E-state index contributed by atoms with van der Waals surface area (Å²) >= 11 is 0. The van der Waals surface area contributed by atoms with E-state index in [0.29, 0.717) is 22.7 Å². The highest BCUT2D eigenvalue weighted by Crippen LogP contribution is 2.61. The molecule has 1 heteroatoms. The minimum absolute atomic E-state index is 0.0506. The average Bonchev–Trinajstić information content (AvgIpc) is 2.22. The quantitative estimate of drug-likeness (QED) is 0.630. The predicted octanol–water partition coefficient (Wildman–Crippen LogP) is 3.22. The summed E-state index contributed by atoms with van der Waals surface area (Å²) in [4.78, 5) is 0. The number of fused-ring (bicyclic) bond motifs is 1. The van der Waals surface area contributed by atoms with Crippen molar-refractivity contribution in [1.29, 1.82) is 0 Å². The third kappa shape index (κ3) is 1.25. The molecule has 0 spiro atoms. The zero-order valence-electron chi connectivity index (χ0n) is 10.0. The van der Waals surface area contributed by atoms with Crippen molar-refractivity contribution in [2.24, 2.45) is 22.7 Å². The maximum Gasteiger partial charge on any atom is 0.0581 e. The lowest BCUT2D eigenvalue weighted by molar-refractivity contribution is -0.0448. The van der Waals surface area contributed by atoms with E-state index in [2.05, 4.69) is 27.7 Å². The van der Waals surface area contributed by atoms with Crippen LogP contribution in [0.1, 0.15) is 53.4 Å². The minimum Gasteiger partial charge on any atom is -0.393 e. The monoisotopic (exact) mass is 196 g/mol. The molecule has 2 aliphatic rings. The normalized spacial score (nSPS) is 51.6. The van der Waals surface area contributed by atoms with Gasteiger partial charge in [0.05, 0.1) is 6.10 Å². The lowest BCUT2D eigenvalue weighted by Crippen LogP contribution is -2.44. The molecular formula is C13H24O. The topological polar surface area (TPSA) is 20.2 Å². The summed E-state index contributed by atoms with van der Waals surface area (Å²) in [5, 5.41) is 10.2. The number of aliphatic hydroxyl groups excluding tert-OH is 1. The summed E-state index contributed by atoms with van der Waals surface area (Å²) in [6.45, 7) is 9.41. The molecule has 1 nitrogen and oxygen atoms in total. The van der Waals surface area contributed by atoms with Crippen LogP contribution in [0.2, 0.25) is 0 Å². The van der Waals surface area contributed by atoms with Crippen LogP contribution in [0.5, 0.6) is 0 Å². The summed E-state index contributed by atoms with van der Waals surface area (Å²) in [6, 6.07) is 0. The van der Waals surface area contributed by atoms with Crippen molar-refractivity contribution >= 4 is 0 Å². The van der Waals surface area contributed by atoms with Gasteiger partial charge in [-0.05, 0) is 41.9 Å². The number of hydrogen-bond donors (Lipinski definition) is 1. The molecule has 2 fully saturated rings. The molecule has 82 valence electrons. The molecule has 14 heavy (non-hydrogen) atoms. The van der Waals surface area contributed by atoms with E-state index in [1.165, 1.54) is 19.3 Å². The maximum absolute atomic E-state index is 10.2. The van der Waals surface area contributed by atoms with Crippen LogP contribution in [0.25, 0.3) is 0 Å². The van der Waals surface area contributed by atoms with Crippen LogP contribution in [-0.4, -0.2) is 11.2 Å². The van der Waals surface area contributed by atoms with Gasteiger partial charge in [-0.15, -0.1) is 0 Å². The molecule has 0 amide bonds. The largest absolute Gasteiger partial charge is 0.393 e. The van der Waals surface area contributed by atoms with E-state index < -0.39 is 0 Å². The molecule has 0 aromatic rings. The van der Waals surface area contributed by atoms with Gasteiger partial charge in [-0.1, -0.05) is 34.1 Å². The standard InChI is InChI=1S/C13H24O/c1-9-8-10(14)11-12(2,3)6-5-7-13(9,11)4/h9-11,14H,5-8H2,1-4H3/t9?,10?,11-,13-/m0/s1. The van der Waals surface area contributed by atoms with E-state index in [9.17, 15) is 5.11 Å². The van der Waals surface area contributed by atoms with E-state index in [1.54, 1.807) is 0 Å². The van der Waals surface area contributed by atoms with Gasteiger partial charge in [-0.2, -0.15) is 0 Å². The predicted molar refractivity (Wildman–Crippen MR) is 59.0 cm³/mol. The zero-order valence-corrected chi connectivity index (χ0v) is 10.0. The van der Waals surface area contributed by atoms with Gasteiger partial charge in [-0.3, -0.25) is 0 Å². The van der Waals surface area contributed by atoms with Crippen LogP contribution in [0.3, 0.4) is 0 Å². The Morgan fingerprint density at radius 1 is 1.14 bits per heavy atom. The van der Waals surface area contributed by atoms with Crippen molar-refractivity contribution in [2.75, 3.05) is 0 Å². The van der Waals surface area contributed by atoms with Crippen LogP contribution in [0.4, 0.5) is 0 Å². The van der Waals surface area contributed by atoms with Gasteiger partial charge in [0.25, 0.3) is 0 Å². The Morgan fingerprint density at radius 3 is 2.36 bits per heavy atom. The van der Waals surface area contributed by atoms with E-state index in [1.807, 2.05) is 0 Å². The molecule has 0 heterocycles. The zero-order chi connectivity index (χ0) is 10.6. The number of hydrogen-bond acceptors (Lipinski definition) is 1. The Hall–Kier alpha value is -0.0400. The van der Waals surface area contributed by atoms with E-state index in [0.717, 1.165) is 6.42 Å². The van der Waals surface area contributed by atoms with Gasteiger partial charge < -0.3 is 5.11 Å². The Balaban J connectivity index is 2.35. The first-order valence-electron chi connectivity index (χ1n) is 6.06. The molecule has 0 saturated heterocycles. The third-order valence-corrected chi connectivity index (χ3v) is 5.19. The van der Waals surface area contributed by atoms with Gasteiger partial charge in [0, 0.05) is 0 Å². The van der Waals surface area contributed by atoms with Crippen LogP contribution in [0.15, 0.2) is 0 Å². The summed E-state index contributed by atoms with van der Waals surface area (Å²) in [5.41, 5.74) is 0.748. The fourth-order valence-corrected chi connectivity index (χ4v) is 4.41. The lowest BCUT2D eigenvalue weighted by atomic mass is 9.56. The summed E-state index contributed by atoms with van der Waals surface area (Å²) in [5.74, 6) is 1.22. The van der Waals surface area contributed by atoms with Crippen molar-refractivity contribution in [3.05, 3.63) is 0 Å². The Labute approximate surface area is 87.9 Å². The highest BCUT2D eigenvalue weighted by Gasteiger charge is 2.56. The molecular weight excluding hydrogens is 172 g/mol. The molecule has 0 bridgehead atoms. The maximum atomic E-state index is 10.2. The molecule has 2 aliphatic carbocycles. The smallest absolute Gasteiger partial charge is 0.0581 e. The highest BCUT2D eigenvalue weighted by atomic mass is 16.3. The first-order valence-corrected chi connectivity index (χ1v) is 6.06. The van der Waals surface area contributed by atoms with Crippen molar-refractivity contribution in [2.45, 2.75) is 59.5 Å². The summed E-state index contributed by atoms with van der Waals surface area (Å²) in [7, 11) is 0. The lowest BCUT2D eigenvalue weighted by Gasteiger charge is -2.49. The first-order chi connectivity index (χ1) is 6.38. The second-order valence-corrected chi connectivity index (χ2v) is 6.53. The Morgan fingerprint density at radius 2 is 1.79 bits per heavy atom. The molecule has 0 aliphatic heterocycles. The van der Waals surface area contributed by atoms with Crippen molar-refractivity contribution < 1.29 is 5.11 Å². The second kappa shape index (κ2) is 2.98. The molecule has 4 atom stereocenters. The van der Waals surface area contributed by atoms with Crippen LogP contribution in [-0.2, 0) is 0 Å². The van der Waals surface area contributed by atoms with Crippen LogP contribution in [0, 0.1) is 22.7 Å². The van der Waals surface area contributed by atoms with E-state index in [4.69, 9.17) is 0 Å². The second-order valence-electron chi connectivity index (χ2n) is 6.53. The van der Waals surface area contributed by atoms with Gasteiger partial charge in [0.1, 0.15) is 0 Å². The van der Waals surface area contributed by atoms with Crippen molar-refractivity contribution in [3.63, 3.8) is 0 Å². The number of aliphatic hydroxyl groups is 1. The van der Waals surface area contributed by atoms with Crippen molar-refractivity contribution in [3.8, 4) is 0 Å². The highest BCUT2D eigenvalue weighted by molar-refractivity contribution is 5.05. The summed E-state index contributed by atoms with van der Waals surface area (Å²) < 4.78 is 0. The molecule has 0 aromatic heterocycles. The van der Waals surface area contributed by atoms with Gasteiger partial charge in [-0.25, -0.2) is 0 Å². The SMILES string of the molecule is CC1CC(O)[C@H]2C(C)(C)CCC[C@@]12C. The molecule has 1 N–H and O–H groups in total. The number of rotatable bonds is 0. The van der Waals surface area contributed by atoms with Gasteiger partial charge >= 0.3 is 0 Å². The first kappa shape index (κ1) is 10.5. The van der Waals surface area contributed by atoms with E-state index in [-0.39, 0.29) is 6.10 Å². The van der Waals surface area contributed by atoms with E-state index >= 15 is 0 Å². The molecule has 2 unspecified atom stereocenters. The van der Waals surface area contributed by atoms with Crippen LogP contribution < -0.4 is 0 Å². The Kier molecular flexibility index (Phi) is 2.23. The van der Waals surface area contributed by atoms with Crippen LogP contribution >= 0.6 is 0 Å². The molecule has 0 aromatic carbocycles. The van der Waals surface area contributed by atoms with Gasteiger partial charge in [0.2, 0.25) is 0 Å². The van der Waals surface area contributed by atoms with Gasteiger partial charge in [0.15, 0.2) is 0 Å². The molecule has 2 saturated carbocycles. The Bertz CT molecular complexity index is 233. The third-order valence-electron chi connectivity index (χ3n) is 5.19. The fraction of sp³-hybridized carbons (Fsp3) is 1.00. The fourth-order valence-electron chi connectivity index (χ4n) is 4.41. The summed E-state index contributed by atoms with van der Waals surface area (Å²) in [6.07, 6.45) is 4.92. The molecule has 2 rings (SSSR count).